The predicted molar refractivity (Wildman–Crippen MR) is 109 cm³/mol. The first-order valence-corrected chi connectivity index (χ1v) is 9.92. The molecular weight excluding hydrogens is 358 g/mol. The van der Waals surface area contributed by atoms with E-state index in [9.17, 15) is 9.59 Å². The van der Waals surface area contributed by atoms with Crippen molar-refractivity contribution in [1.29, 1.82) is 0 Å². The molecule has 0 atom stereocenters. The Morgan fingerprint density at radius 3 is 2.44 bits per heavy atom. The van der Waals surface area contributed by atoms with Crippen LogP contribution < -0.4 is 5.73 Å². The summed E-state index contributed by atoms with van der Waals surface area (Å²) < 4.78 is 1.02. The number of ketones is 2. The largest absolute Gasteiger partial charge is 0.375 e. The molecule has 0 spiro atoms. The zero-order valence-electron chi connectivity index (χ0n) is 15.6. The smallest absolute Gasteiger partial charge is 0.181 e. The van der Waals surface area contributed by atoms with Crippen LogP contribution in [0, 0.1) is 5.92 Å². The summed E-state index contributed by atoms with van der Waals surface area (Å²) in [5, 5.41) is 0.543. The van der Waals surface area contributed by atoms with Crippen molar-refractivity contribution in [3.05, 3.63) is 53.3 Å². The summed E-state index contributed by atoms with van der Waals surface area (Å²) in [6, 6.07) is 11.0. The summed E-state index contributed by atoms with van der Waals surface area (Å²) in [4.78, 5) is 33.3. The molecule has 3 rings (SSSR count). The number of rotatable bonds is 8. The van der Waals surface area contributed by atoms with Crippen molar-refractivity contribution >= 4 is 38.3 Å². The number of Topliss-reactive ketones (excluding diaryl/α,β-unsaturated/α-hetero) is 2. The minimum atomic E-state index is -0.0579. The van der Waals surface area contributed by atoms with Gasteiger partial charge in [-0.1, -0.05) is 37.3 Å². The fraction of sp³-hybridized carbons (Fsp3) is 0.333. The maximum absolute atomic E-state index is 12.5. The first-order chi connectivity index (χ1) is 12.9. The highest BCUT2D eigenvalue weighted by atomic mass is 32.1. The topological polar surface area (TPSA) is 85.9 Å². The van der Waals surface area contributed by atoms with Gasteiger partial charge in [0.2, 0.25) is 0 Å². The van der Waals surface area contributed by atoms with Crippen LogP contribution in [0.25, 0.3) is 10.2 Å². The second-order valence-electron chi connectivity index (χ2n) is 7.04. The van der Waals surface area contributed by atoms with Gasteiger partial charge in [0.1, 0.15) is 11.4 Å². The summed E-state index contributed by atoms with van der Waals surface area (Å²) in [5.41, 5.74) is 8.40. The van der Waals surface area contributed by atoms with Gasteiger partial charge >= 0.3 is 0 Å². The first-order valence-electron chi connectivity index (χ1n) is 9.11. The number of hydrogen-bond acceptors (Lipinski definition) is 6. The second-order valence-corrected chi connectivity index (χ2v) is 8.10. The number of benzene rings is 1. The summed E-state index contributed by atoms with van der Waals surface area (Å²) in [6.45, 7) is 4.16. The van der Waals surface area contributed by atoms with Crippen molar-refractivity contribution in [3.8, 4) is 0 Å². The lowest BCUT2D eigenvalue weighted by molar-refractivity contribution is 0.0968. The molecule has 0 aliphatic heterocycles. The molecule has 0 fully saturated rings. The zero-order chi connectivity index (χ0) is 19.4. The van der Waals surface area contributed by atoms with E-state index in [0.717, 1.165) is 22.2 Å². The van der Waals surface area contributed by atoms with E-state index in [2.05, 4.69) is 23.8 Å². The Morgan fingerprint density at radius 1 is 1.04 bits per heavy atom. The molecule has 0 bridgehead atoms. The molecule has 0 saturated heterocycles. The number of anilines is 1. The second kappa shape index (κ2) is 8.39. The Kier molecular flexibility index (Phi) is 5.96. The minimum absolute atomic E-state index is 0.00779. The molecule has 6 heteroatoms. The Hall–Kier alpha value is -2.60. The van der Waals surface area contributed by atoms with E-state index in [1.165, 1.54) is 11.3 Å². The molecule has 0 aliphatic carbocycles. The lowest BCUT2D eigenvalue weighted by Crippen LogP contribution is -2.09. The van der Waals surface area contributed by atoms with Gasteiger partial charge in [-0.3, -0.25) is 9.59 Å². The molecule has 0 radical (unpaired) electrons. The van der Waals surface area contributed by atoms with Gasteiger partial charge in [-0.15, -0.1) is 0 Å². The van der Waals surface area contributed by atoms with Crippen LogP contribution in [0.15, 0.2) is 36.4 Å². The molecule has 3 aromatic rings. The van der Waals surface area contributed by atoms with Gasteiger partial charge in [0.15, 0.2) is 16.7 Å². The summed E-state index contributed by atoms with van der Waals surface area (Å²) in [7, 11) is 0. The average molecular weight is 382 g/mol. The Bertz CT molecular complexity index is 978. The van der Waals surface area contributed by atoms with Crippen LogP contribution in [0.3, 0.4) is 0 Å². The number of pyridine rings is 1. The molecule has 2 N–H and O–H groups in total. The molecule has 2 heterocycles. The van der Waals surface area contributed by atoms with Gasteiger partial charge in [-0.25, -0.2) is 9.97 Å². The van der Waals surface area contributed by atoms with Crippen LogP contribution in [-0.4, -0.2) is 21.5 Å². The third-order valence-corrected chi connectivity index (χ3v) is 5.23. The molecule has 1 aromatic carbocycles. The fourth-order valence-corrected chi connectivity index (χ4v) is 3.62. The molecule has 0 aliphatic rings. The highest BCUT2D eigenvalue weighted by Gasteiger charge is 2.13. The number of thiazole rings is 1. The molecule has 2 aromatic heterocycles. The van der Waals surface area contributed by atoms with Crippen LogP contribution in [-0.2, 0) is 6.42 Å². The third kappa shape index (κ3) is 4.98. The molecule has 5 nitrogen and oxygen atoms in total. The summed E-state index contributed by atoms with van der Waals surface area (Å²) >= 11 is 1.44. The van der Waals surface area contributed by atoms with E-state index in [1.807, 2.05) is 18.2 Å². The number of nitrogens with two attached hydrogens (primary N) is 1. The van der Waals surface area contributed by atoms with E-state index in [0.29, 0.717) is 41.7 Å². The predicted octanol–water partition coefficient (Wildman–Crippen LogP) is 4.71. The molecule has 140 valence electrons. The van der Waals surface area contributed by atoms with E-state index in [-0.39, 0.29) is 11.6 Å². The molecule has 0 saturated carbocycles. The summed E-state index contributed by atoms with van der Waals surface area (Å²) in [5.74, 6) is 0.397. The maximum Gasteiger partial charge on any atom is 0.181 e. The van der Waals surface area contributed by atoms with E-state index in [1.54, 1.807) is 18.2 Å². The molecular formula is C21H23N3O2S. The highest BCUT2D eigenvalue weighted by Crippen LogP contribution is 2.25. The molecule has 0 amide bonds. The van der Waals surface area contributed by atoms with Gasteiger partial charge in [-0.2, -0.15) is 0 Å². The fourth-order valence-electron chi connectivity index (χ4n) is 2.82. The Morgan fingerprint density at radius 2 is 1.74 bits per heavy atom. The highest BCUT2D eigenvalue weighted by molar-refractivity contribution is 7.22. The lowest BCUT2D eigenvalue weighted by Gasteiger charge is -2.06. The molecule has 0 unspecified atom stereocenters. The first kappa shape index (κ1) is 19.2. The van der Waals surface area contributed by atoms with Crippen LogP contribution in [0.2, 0.25) is 0 Å². The van der Waals surface area contributed by atoms with Gasteiger partial charge in [0.05, 0.1) is 10.2 Å². The number of nitrogens with zero attached hydrogens (tertiary/aromatic N) is 2. The number of fused-ring (bicyclic) bond motifs is 1. The van der Waals surface area contributed by atoms with Crippen molar-refractivity contribution in [2.24, 2.45) is 5.92 Å². The van der Waals surface area contributed by atoms with Crippen LogP contribution >= 0.6 is 11.3 Å². The van der Waals surface area contributed by atoms with Gasteiger partial charge in [0.25, 0.3) is 0 Å². The average Bonchev–Trinajstić information content (AvgIpc) is 3.03. The third-order valence-electron chi connectivity index (χ3n) is 4.38. The number of carbonyl (C=O) groups is 2. The normalized spacial score (nSPS) is 11.2. The van der Waals surface area contributed by atoms with Crippen LogP contribution in [0.5, 0.6) is 0 Å². The van der Waals surface area contributed by atoms with Gasteiger partial charge in [-0.05, 0) is 48.6 Å². The van der Waals surface area contributed by atoms with Crippen molar-refractivity contribution < 1.29 is 9.59 Å². The monoisotopic (exact) mass is 381 g/mol. The van der Waals surface area contributed by atoms with Crippen LogP contribution in [0.4, 0.5) is 5.13 Å². The SMILES string of the molecule is CC(C)CCC(=O)c1cccc(C(=O)CCc2ccc3nc(N)sc3c2)n1. The van der Waals surface area contributed by atoms with Crippen LogP contribution in [0.1, 0.15) is 59.7 Å². The quantitative estimate of drug-likeness (QED) is 0.571. The number of hydrogen-bond donors (Lipinski definition) is 1. The Balaban J connectivity index is 1.64. The van der Waals surface area contributed by atoms with Crippen molar-refractivity contribution in [1.82, 2.24) is 9.97 Å². The summed E-state index contributed by atoms with van der Waals surface area (Å²) in [6.07, 6.45) is 2.24. The number of aromatic nitrogens is 2. The maximum atomic E-state index is 12.5. The Labute approximate surface area is 162 Å². The van der Waals surface area contributed by atoms with Crippen molar-refractivity contribution in [2.75, 3.05) is 5.73 Å². The van der Waals surface area contributed by atoms with E-state index in [4.69, 9.17) is 5.73 Å². The zero-order valence-corrected chi connectivity index (χ0v) is 16.4. The van der Waals surface area contributed by atoms with Crippen molar-refractivity contribution in [3.63, 3.8) is 0 Å². The van der Waals surface area contributed by atoms with Crippen molar-refractivity contribution in [2.45, 2.75) is 39.5 Å². The molecule has 27 heavy (non-hydrogen) atoms. The number of nitrogen functional groups attached to an aromatic ring is 1. The van der Waals surface area contributed by atoms with E-state index < -0.39 is 0 Å². The minimum Gasteiger partial charge on any atom is -0.375 e. The van der Waals surface area contributed by atoms with Gasteiger partial charge < -0.3 is 5.73 Å². The lowest BCUT2D eigenvalue weighted by atomic mass is 10.0. The van der Waals surface area contributed by atoms with Gasteiger partial charge in [0, 0.05) is 12.8 Å². The van der Waals surface area contributed by atoms with E-state index >= 15 is 0 Å². The number of aryl methyl sites for hydroxylation is 1. The number of carbonyl (C=O) groups excluding carboxylic acids is 2. The standard InChI is InChI=1S/C21H23N3O2S/c1-13(2)6-10-18(25)15-4-3-5-16(23-15)19(26)11-8-14-7-9-17-20(12-14)27-21(22)24-17/h3-5,7,9,12-13H,6,8,10-11H2,1-2H3,(H2,22,24).